The molecule has 2 aromatic heterocycles. The smallest absolute Gasteiger partial charge is 0.230 e. The summed E-state index contributed by atoms with van der Waals surface area (Å²) in [5.41, 5.74) is 1.26. The lowest BCUT2D eigenvalue weighted by Crippen LogP contribution is -2.29. The van der Waals surface area contributed by atoms with E-state index in [9.17, 15) is 0 Å². The minimum Gasteiger partial charge on any atom is -0.481 e. The van der Waals surface area contributed by atoms with E-state index in [1.807, 2.05) is 6.07 Å². The van der Waals surface area contributed by atoms with Gasteiger partial charge in [-0.2, -0.15) is 4.98 Å². The molecule has 1 aliphatic carbocycles. The second-order valence-electron chi connectivity index (χ2n) is 5.91. The molecule has 1 aliphatic heterocycles. The highest BCUT2D eigenvalue weighted by Gasteiger charge is 2.57. The van der Waals surface area contributed by atoms with Crippen LogP contribution in [0.5, 0.6) is 5.88 Å². The molecule has 2 fully saturated rings. The van der Waals surface area contributed by atoms with E-state index < -0.39 is 0 Å². The molecule has 4 rings (SSSR count). The summed E-state index contributed by atoms with van der Waals surface area (Å²) in [7, 11) is 1.60. The fourth-order valence-corrected chi connectivity index (χ4v) is 3.30. The van der Waals surface area contributed by atoms with Gasteiger partial charge in [-0.3, -0.25) is 0 Å². The zero-order valence-corrected chi connectivity index (χ0v) is 13.2. The molecule has 118 valence electrons. The summed E-state index contributed by atoms with van der Waals surface area (Å²) in [6.07, 6.45) is 5.30. The average Bonchev–Trinajstić information content (AvgIpc) is 3.01. The first-order valence-corrected chi connectivity index (χ1v) is 7.35. The molecule has 0 radical (unpaired) electrons. The Morgan fingerprint density at radius 2 is 2.14 bits per heavy atom. The summed E-state index contributed by atoms with van der Waals surface area (Å²) in [4.78, 5) is 8.74. The normalized spacial score (nSPS) is 22.1. The first-order valence-electron chi connectivity index (χ1n) is 7.35. The van der Waals surface area contributed by atoms with Gasteiger partial charge in [0.1, 0.15) is 0 Å². The Bertz CT molecular complexity index is 637. The number of ether oxygens (including phenoxy) is 1. The summed E-state index contributed by atoms with van der Waals surface area (Å²) in [5.74, 6) is 2.41. The molecule has 1 unspecified atom stereocenters. The number of halogens is 1. The van der Waals surface area contributed by atoms with Crippen LogP contribution >= 0.6 is 12.4 Å². The van der Waals surface area contributed by atoms with E-state index in [4.69, 9.17) is 9.26 Å². The van der Waals surface area contributed by atoms with Crippen LogP contribution in [-0.4, -0.2) is 35.3 Å². The largest absolute Gasteiger partial charge is 0.481 e. The van der Waals surface area contributed by atoms with Gasteiger partial charge >= 0.3 is 0 Å². The second kappa shape index (κ2) is 5.85. The summed E-state index contributed by atoms with van der Waals surface area (Å²) in [6, 6.07) is 3.70. The van der Waals surface area contributed by atoms with Gasteiger partial charge in [-0.05, 0) is 43.8 Å². The third-order valence-electron chi connectivity index (χ3n) is 4.73. The van der Waals surface area contributed by atoms with E-state index in [2.05, 4.69) is 20.4 Å². The Morgan fingerprint density at radius 3 is 2.82 bits per heavy atom. The van der Waals surface area contributed by atoms with Gasteiger partial charge in [0, 0.05) is 23.7 Å². The molecule has 1 saturated heterocycles. The molecular weight excluding hydrogens is 304 g/mol. The third-order valence-corrected chi connectivity index (χ3v) is 4.73. The maximum absolute atomic E-state index is 5.49. The van der Waals surface area contributed by atoms with Crippen LogP contribution in [-0.2, 0) is 0 Å². The van der Waals surface area contributed by atoms with Gasteiger partial charge in [0.05, 0.1) is 7.11 Å². The van der Waals surface area contributed by atoms with E-state index in [1.165, 1.54) is 19.3 Å². The topological polar surface area (TPSA) is 73.1 Å². The highest BCUT2D eigenvalue weighted by Crippen LogP contribution is 2.63. The molecule has 0 amide bonds. The molecule has 1 atom stereocenters. The van der Waals surface area contributed by atoms with Crippen molar-refractivity contribution in [1.29, 1.82) is 0 Å². The number of nitrogens with zero attached hydrogens (tertiary/aromatic N) is 3. The molecule has 1 saturated carbocycles. The van der Waals surface area contributed by atoms with Crippen LogP contribution in [0.15, 0.2) is 22.9 Å². The van der Waals surface area contributed by atoms with Gasteiger partial charge in [-0.1, -0.05) is 5.16 Å². The van der Waals surface area contributed by atoms with Crippen LogP contribution in [0, 0.1) is 5.41 Å². The summed E-state index contributed by atoms with van der Waals surface area (Å²) in [6.45, 7) is 2.19. The lowest BCUT2D eigenvalue weighted by molar-refractivity contribution is 0.311. The Kier molecular flexibility index (Phi) is 4.06. The van der Waals surface area contributed by atoms with Gasteiger partial charge in [0.2, 0.25) is 17.6 Å². The lowest BCUT2D eigenvalue weighted by atomic mass is 9.92. The fraction of sp³-hybridized carbons (Fsp3) is 0.533. The van der Waals surface area contributed by atoms with Gasteiger partial charge < -0.3 is 14.6 Å². The van der Waals surface area contributed by atoms with Crippen molar-refractivity contribution in [2.75, 3.05) is 20.2 Å². The first kappa shape index (κ1) is 15.2. The molecule has 2 aromatic rings. The quantitative estimate of drug-likeness (QED) is 0.935. The standard InChI is InChI=1S/C15H18N4O2.ClH/c1-20-12-3-2-10(9-17-12)13-18-14(21-19-13)11-8-15(11)4-6-16-7-5-15;/h2-3,9,11,16H,4-8H2,1H3;1H. The number of pyridine rings is 1. The van der Waals surface area contributed by atoms with Crippen LogP contribution in [0.2, 0.25) is 0 Å². The van der Waals surface area contributed by atoms with E-state index in [1.54, 1.807) is 19.4 Å². The van der Waals surface area contributed by atoms with Crippen LogP contribution in [0.1, 0.15) is 31.1 Å². The van der Waals surface area contributed by atoms with Crippen molar-refractivity contribution in [2.45, 2.75) is 25.2 Å². The van der Waals surface area contributed by atoms with Gasteiger partial charge in [-0.25, -0.2) is 4.98 Å². The first-order chi connectivity index (χ1) is 10.3. The Balaban J connectivity index is 0.00000144. The highest BCUT2D eigenvalue weighted by molar-refractivity contribution is 5.85. The van der Waals surface area contributed by atoms with Gasteiger partial charge in [-0.15, -0.1) is 12.4 Å². The molecule has 0 aromatic carbocycles. The number of aromatic nitrogens is 3. The summed E-state index contributed by atoms with van der Waals surface area (Å²) < 4.78 is 10.5. The molecule has 1 N–H and O–H groups in total. The summed E-state index contributed by atoms with van der Waals surface area (Å²) >= 11 is 0. The number of rotatable bonds is 3. The number of piperidine rings is 1. The predicted molar refractivity (Wildman–Crippen MR) is 83.2 cm³/mol. The van der Waals surface area contributed by atoms with Crippen LogP contribution in [0.25, 0.3) is 11.4 Å². The molecule has 2 aliphatic rings. The van der Waals surface area contributed by atoms with Crippen molar-refractivity contribution in [1.82, 2.24) is 20.4 Å². The minimum atomic E-state index is 0. The van der Waals surface area contributed by atoms with E-state index in [0.717, 1.165) is 24.5 Å². The van der Waals surface area contributed by atoms with Crippen molar-refractivity contribution < 1.29 is 9.26 Å². The molecule has 22 heavy (non-hydrogen) atoms. The molecule has 3 heterocycles. The SMILES string of the molecule is COc1ccc(-c2noc(C3CC34CCNCC4)n2)cn1.Cl. The fourth-order valence-electron chi connectivity index (χ4n) is 3.30. The molecule has 1 spiro atoms. The Hall–Kier alpha value is -1.66. The lowest BCUT2D eigenvalue weighted by Gasteiger charge is -2.22. The molecule has 6 nitrogen and oxygen atoms in total. The highest BCUT2D eigenvalue weighted by atomic mass is 35.5. The Labute approximate surface area is 135 Å². The monoisotopic (exact) mass is 322 g/mol. The minimum absolute atomic E-state index is 0. The van der Waals surface area contributed by atoms with Crippen molar-refractivity contribution in [3.05, 3.63) is 24.2 Å². The van der Waals surface area contributed by atoms with Gasteiger partial charge in [0.25, 0.3) is 0 Å². The molecule has 7 heteroatoms. The van der Waals surface area contributed by atoms with Crippen molar-refractivity contribution in [3.8, 4) is 17.3 Å². The Morgan fingerprint density at radius 1 is 1.32 bits per heavy atom. The third kappa shape index (κ3) is 2.57. The zero-order chi connectivity index (χ0) is 14.3. The molecule has 0 bridgehead atoms. The number of hydrogen-bond acceptors (Lipinski definition) is 6. The second-order valence-corrected chi connectivity index (χ2v) is 5.91. The van der Waals surface area contributed by atoms with Crippen LogP contribution < -0.4 is 10.1 Å². The predicted octanol–water partition coefficient (Wildman–Crippen LogP) is 2.42. The van der Waals surface area contributed by atoms with E-state index >= 15 is 0 Å². The summed E-state index contributed by atoms with van der Waals surface area (Å²) in [5, 5.41) is 7.51. The zero-order valence-electron chi connectivity index (χ0n) is 12.4. The van der Waals surface area contributed by atoms with Crippen LogP contribution in [0.4, 0.5) is 0 Å². The van der Waals surface area contributed by atoms with Crippen molar-refractivity contribution in [2.24, 2.45) is 5.41 Å². The number of nitrogens with one attached hydrogen (secondary N) is 1. The number of hydrogen-bond donors (Lipinski definition) is 1. The van der Waals surface area contributed by atoms with E-state index in [0.29, 0.717) is 23.0 Å². The van der Waals surface area contributed by atoms with Crippen molar-refractivity contribution in [3.63, 3.8) is 0 Å². The number of methoxy groups -OCH3 is 1. The van der Waals surface area contributed by atoms with Gasteiger partial charge in [0.15, 0.2) is 0 Å². The maximum atomic E-state index is 5.49. The average molecular weight is 323 g/mol. The van der Waals surface area contributed by atoms with Crippen molar-refractivity contribution >= 4 is 12.4 Å². The van der Waals surface area contributed by atoms with Crippen LogP contribution in [0.3, 0.4) is 0 Å². The molecular formula is C15H19ClN4O2. The maximum Gasteiger partial charge on any atom is 0.230 e. The van der Waals surface area contributed by atoms with E-state index in [-0.39, 0.29) is 12.4 Å².